The Morgan fingerprint density at radius 2 is 1.83 bits per heavy atom. The largest absolute Gasteiger partial charge is 1.00 e. The number of hydroxylamine groups is 1. The average Bonchev–Trinajstić information content (AvgIpc) is 2.05. The third-order valence-corrected chi connectivity index (χ3v) is 1.43. The van der Waals surface area contributed by atoms with E-state index in [2.05, 4.69) is 23.1 Å². The molecule has 0 aromatic heterocycles. The molecule has 0 aromatic carbocycles. The van der Waals surface area contributed by atoms with Gasteiger partial charge in [-0.25, -0.2) is 5.48 Å². The molecule has 0 radical (unpaired) electrons. The summed E-state index contributed by atoms with van der Waals surface area (Å²) in [5.41, 5.74) is 1.32. The summed E-state index contributed by atoms with van der Waals surface area (Å²) in [6.07, 6.45) is 0. The second-order valence-corrected chi connectivity index (χ2v) is 2.60. The average molecular weight is 216 g/mol. The Bertz CT molecular complexity index is 112. The van der Waals surface area contributed by atoms with Crippen LogP contribution >= 0.6 is 9.24 Å². The van der Waals surface area contributed by atoms with Crippen LogP contribution in [0.15, 0.2) is 0 Å². The van der Waals surface area contributed by atoms with Gasteiger partial charge in [0.05, 0.1) is 0 Å². The quantitative estimate of drug-likeness (QED) is 0.185. The minimum Gasteiger partial charge on any atom is -0.338 e. The topological polar surface area (TPSA) is 49.3 Å². The molecular weight excluding hydrogens is 200 g/mol. The molecule has 0 saturated heterocycles. The number of hydrogen-bond acceptors (Lipinski definition) is 2. The van der Waals surface area contributed by atoms with Gasteiger partial charge in [-0.1, -0.05) is 13.8 Å². The molecule has 2 unspecified atom stereocenters. The fourth-order valence-electron chi connectivity index (χ4n) is 0.277. The summed E-state index contributed by atoms with van der Waals surface area (Å²) < 4.78 is 0. The first-order valence-corrected chi connectivity index (χ1v) is 4.12. The molecule has 0 heterocycles. The van der Waals surface area contributed by atoms with Crippen molar-refractivity contribution in [3.05, 3.63) is 13.8 Å². The van der Waals surface area contributed by atoms with E-state index in [9.17, 15) is 4.79 Å². The number of rotatable bonds is 2. The summed E-state index contributed by atoms with van der Waals surface area (Å²) in [7, 11) is 2.33. The van der Waals surface area contributed by atoms with Crippen LogP contribution in [0.2, 0.25) is 0 Å². The molecule has 0 fully saturated rings. The van der Waals surface area contributed by atoms with E-state index in [1.807, 2.05) is 13.8 Å². The van der Waals surface area contributed by atoms with E-state index in [1.165, 1.54) is 5.48 Å². The summed E-state index contributed by atoms with van der Waals surface area (Å²) in [6, 6.07) is 0. The van der Waals surface area contributed by atoms with Gasteiger partial charge in [0.1, 0.15) is 0 Å². The predicted octanol–water partition coefficient (Wildman–Crippen LogP) is -1.95. The van der Waals surface area contributed by atoms with Crippen molar-refractivity contribution >= 4 is 15.1 Å². The molecule has 2 N–H and O–H groups in total. The molecule has 68 valence electrons. The Labute approximate surface area is 120 Å². The zero-order valence-electron chi connectivity index (χ0n) is 8.00. The maximum absolute atomic E-state index is 10.5. The third-order valence-electron chi connectivity index (χ3n) is 0.964. The summed E-state index contributed by atoms with van der Waals surface area (Å²) in [4.78, 5) is 10.5. The zero-order chi connectivity index (χ0) is 9.44. The Morgan fingerprint density at radius 3 is 1.92 bits per heavy atom. The normalized spacial score (nSPS) is 12.8. The summed E-state index contributed by atoms with van der Waals surface area (Å²) in [6.45, 7) is 11.0. The van der Waals surface area contributed by atoms with Crippen molar-refractivity contribution < 1.29 is 61.4 Å². The van der Waals surface area contributed by atoms with Crippen molar-refractivity contribution in [2.75, 3.05) is 0 Å². The number of amides is 1. The molecule has 5 heteroatoms. The van der Waals surface area contributed by atoms with Gasteiger partial charge in [0.2, 0.25) is 5.91 Å². The van der Waals surface area contributed by atoms with E-state index in [4.69, 9.17) is 5.21 Å². The van der Waals surface area contributed by atoms with Crippen molar-refractivity contribution in [2.24, 2.45) is 5.92 Å². The van der Waals surface area contributed by atoms with Gasteiger partial charge >= 0.3 is 51.4 Å². The van der Waals surface area contributed by atoms with E-state index in [-0.39, 0.29) is 57.0 Å². The van der Waals surface area contributed by atoms with Crippen molar-refractivity contribution in [2.45, 2.75) is 19.5 Å². The first kappa shape index (κ1) is 19.1. The second-order valence-electron chi connectivity index (χ2n) is 1.75. The van der Waals surface area contributed by atoms with E-state index < -0.39 is 11.8 Å². The van der Waals surface area contributed by atoms with E-state index >= 15 is 0 Å². The minimum atomic E-state index is -0.514. The molecule has 3 atom stereocenters. The van der Waals surface area contributed by atoms with Gasteiger partial charge in [0, 0.05) is 0 Å². The van der Waals surface area contributed by atoms with Gasteiger partial charge in [-0.2, -0.15) is 14.9 Å². The Kier molecular flexibility index (Phi) is 19.9. The fourth-order valence-corrected chi connectivity index (χ4v) is 0.452. The maximum atomic E-state index is 10.5. The number of hydrogen-bond donors (Lipinski definition) is 2. The van der Waals surface area contributed by atoms with Crippen LogP contribution in [0.25, 0.3) is 0 Å². The number of carbonyl (C=O) groups excluding carboxylic acids is 1. The van der Waals surface area contributed by atoms with Crippen LogP contribution in [-0.2, 0) is 4.79 Å². The van der Waals surface area contributed by atoms with Crippen LogP contribution in [0.3, 0.4) is 0 Å². The summed E-state index contributed by atoms with van der Waals surface area (Å²) in [5, 5.41) is 8.08. The molecule has 12 heavy (non-hydrogen) atoms. The maximum Gasteiger partial charge on any atom is 1.00 e. The number of nitrogens with one attached hydrogen (secondary N) is 1. The molecule has 0 aromatic rings. The molecule has 0 aliphatic heterocycles. The smallest absolute Gasteiger partial charge is 0.338 e. The van der Waals surface area contributed by atoms with Gasteiger partial charge in [-0.3, -0.25) is 10.0 Å². The van der Waals surface area contributed by atoms with E-state index in [0.717, 1.165) is 0 Å². The molecule has 0 rings (SSSR count). The molecule has 0 bridgehead atoms. The molecule has 0 spiro atoms. The standard InChI is InChI=1S/C5H10NO2P.C2H6.K/c1-3(4(2)9)5(7)6-8;1-2;/h3-4,8H,1-2,9H2,(H,6,7);1-2H3;/q-2;;+1/t3?,4-;;/m0../s1. The monoisotopic (exact) mass is 216 g/mol. The third kappa shape index (κ3) is 9.58. The predicted molar refractivity (Wildman–Crippen MR) is 49.0 cm³/mol. The van der Waals surface area contributed by atoms with Crippen LogP contribution in [0.4, 0.5) is 0 Å². The zero-order valence-corrected chi connectivity index (χ0v) is 12.3. The van der Waals surface area contributed by atoms with E-state index in [1.54, 1.807) is 0 Å². The van der Waals surface area contributed by atoms with Crippen molar-refractivity contribution in [3.63, 3.8) is 0 Å². The molecule has 0 aliphatic rings. The molecular formula is C7H16KNO2P-. The Morgan fingerprint density at radius 1 is 1.50 bits per heavy atom. The Balaban J connectivity index is -0.000000249. The van der Waals surface area contributed by atoms with Crippen LogP contribution in [0, 0.1) is 19.8 Å². The van der Waals surface area contributed by atoms with Crippen molar-refractivity contribution in [3.8, 4) is 0 Å². The van der Waals surface area contributed by atoms with Crippen molar-refractivity contribution in [1.29, 1.82) is 0 Å². The van der Waals surface area contributed by atoms with Gasteiger partial charge in [-0.05, 0) is 0 Å². The summed E-state index contributed by atoms with van der Waals surface area (Å²) >= 11 is 0. The molecule has 0 saturated carbocycles. The first-order chi connectivity index (χ1) is 5.09. The van der Waals surface area contributed by atoms with Gasteiger partial charge < -0.3 is 13.8 Å². The summed E-state index contributed by atoms with van der Waals surface area (Å²) in [5.74, 6) is -1.02. The Hall–Kier alpha value is 1.50. The van der Waals surface area contributed by atoms with Gasteiger partial charge in [0.25, 0.3) is 0 Å². The van der Waals surface area contributed by atoms with E-state index in [0.29, 0.717) is 0 Å². The van der Waals surface area contributed by atoms with Crippen LogP contribution < -0.4 is 56.9 Å². The second kappa shape index (κ2) is 12.5. The molecule has 0 aliphatic carbocycles. The van der Waals surface area contributed by atoms with Gasteiger partial charge in [-0.15, -0.1) is 5.92 Å². The SMILES string of the molecule is CC.[CH2-]C(C(=O)NO)[C@H]([CH2-])P.[K+]. The van der Waals surface area contributed by atoms with Crippen LogP contribution in [0.1, 0.15) is 13.8 Å². The molecule has 3 nitrogen and oxygen atoms in total. The first-order valence-electron chi connectivity index (χ1n) is 3.45. The molecule has 1 amide bonds. The van der Waals surface area contributed by atoms with Crippen LogP contribution in [-0.4, -0.2) is 16.8 Å². The van der Waals surface area contributed by atoms with Crippen LogP contribution in [0.5, 0.6) is 0 Å². The number of carbonyl (C=O) groups is 1. The minimum absolute atomic E-state index is 0. The fraction of sp³-hybridized carbons (Fsp3) is 0.571. The van der Waals surface area contributed by atoms with Gasteiger partial charge in [0.15, 0.2) is 0 Å². The van der Waals surface area contributed by atoms with Crippen molar-refractivity contribution in [1.82, 2.24) is 5.48 Å².